The van der Waals surface area contributed by atoms with Crippen LogP contribution in [-0.4, -0.2) is 29.6 Å². The largest absolute Gasteiger partial charge is 0.497 e. The molecule has 2 aromatic carbocycles. The van der Waals surface area contributed by atoms with Crippen LogP contribution < -0.4 is 15.4 Å². The Morgan fingerprint density at radius 2 is 2.07 bits per heavy atom. The average molecular weight is 431 g/mol. The molecule has 1 aliphatic heterocycles. The Morgan fingerprint density at radius 3 is 2.76 bits per heavy atom. The van der Waals surface area contributed by atoms with E-state index in [2.05, 4.69) is 51.6 Å². The predicted octanol–water partition coefficient (Wildman–Crippen LogP) is 5.20. The second-order valence-electron chi connectivity index (χ2n) is 8.26. The van der Waals surface area contributed by atoms with Gasteiger partial charge in [-0.3, -0.25) is 4.79 Å². The highest BCUT2D eigenvalue weighted by atomic mass is 32.2. The van der Waals surface area contributed by atoms with Gasteiger partial charge in [0.2, 0.25) is 0 Å². The summed E-state index contributed by atoms with van der Waals surface area (Å²) < 4.78 is 5.34. The molecule has 156 valence electrons. The first-order chi connectivity index (χ1) is 13.7. The Kier molecular flexibility index (Phi) is 6.74. The molecule has 0 saturated heterocycles. The molecule has 6 heteroatoms. The zero-order valence-corrected chi connectivity index (χ0v) is 19.3. The Balaban J connectivity index is 1.75. The van der Waals surface area contributed by atoms with Crippen molar-refractivity contribution >= 4 is 41.7 Å². The van der Waals surface area contributed by atoms with Gasteiger partial charge in [-0.2, -0.15) is 24.4 Å². The first-order valence-corrected chi connectivity index (χ1v) is 11.5. The van der Waals surface area contributed by atoms with Gasteiger partial charge in [0.25, 0.3) is 5.91 Å². The van der Waals surface area contributed by atoms with Gasteiger partial charge in [-0.05, 0) is 60.9 Å². The molecule has 0 radical (unpaired) electrons. The van der Waals surface area contributed by atoms with Crippen molar-refractivity contribution in [1.82, 2.24) is 0 Å². The lowest BCUT2D eigenvalue weighted by Crippen LogP contribution is -2.36. The number of thiol groups is 1. The minimum Gasteiger partial charge on any atom is -0.497 e. The number of nitrogens with zero attached hydrogens (tertiary/aromatic N) is 1. The average Bonchev–Trinajstić information content (AvgIpc) is 2.99. The zero-order chi connectivity index (χ0) is 21.2. The molecule has 1 heterocycles. The molecule has 4 nitrogen and oxygen atoms in total. The number of benzene rings is 2. The van der Waals surface area contributed by atoms with Crippen molar-refractivity contribution in [2.24, 2.45) is 0 Å². The van der Waals surface area contributed by atoms with Crippen molar-refractivity contribution in [3.63, 3.8) is 0 Å². The Hall–Kier alpha value is -1.79. The lowest BCUT2D eigenvalue weighted by molar-refractivity contribution is 0.0982. The number of anilines is 2. The van der Waals surface area contributed by atoms with Crippen LogP contribution in [0.3, 0.4) is 0 Å². The van der Waals surface area contributed by atoms with Gasteiger partial charge in [0.15, 0.2) is 0 Å². The SMILES string of the molecule is COc1ccc(N)c(C(=O)N2c3ccc(CSCCC(C)(C)S)cc3C[C@H]2C)c1. The number of amides is 1. The van der Waals surface area contributed by atoms with Crippen LogP contribution >= 0.6 is 24.4 Å². The Bertz CT molecular complexity index is 893. The van der Waals surface area contributed by atoms with Crippen molar-refractivity contribution in [2.45, 2.75) is 50.2 Å². The van der Waals surface area contributed by atoms with Crippen LogP contribution in [0.1, 0.15) is 48.7 Å². The van der Waals surface area contributed by atoms with Crippen molar-refractivity contribution in [2.75, 3.05) is 23.5 Å². The second-order valence-corrected chi connectivity index (χ2v) is 10.6. The molecule has 1 amide bonds. The van der Waals surface area contributed by atoms with Crippen molar-refractivity contribution in [3.8, 4) is 5.75 Å². The highest BCUT2D eigenvalue weighted by Gasteiger charge is 2.32. The Morgan fingerprint density at radius 1 is 1.31 bits per heavy atom. The van der Waals surface area contributed by atoms with E-state index in [1.54, 1.807) is 25.3 Å². The third kappa shape index (κ3) is 5.23. The van der Waals surface area contributed by atoms with Crippen LogP contribution in [-0.2, 0) is 12.2 Å². The number of thioether (sulfide) groups is 1. The molecule has 1 aliphatic rings. The van der Waals surface area contributed by atoms with Gasteiger partial charge in [0.1, 0.15) is 5.75 Å². The lowest BCUT2D eigenvalue weighted by atomic mass is 10.1. The molecule has 2 N–H and O–H groups in total. The molecule has 0 unspecified atom stereocenters. The number of carbonyl (C=O) groups excluding carboxylic acids is 1. The van der Waals surface area contributed by atoms with Gasteiger partial charge < -0.3 is 15.4 Å². The summed E-state index contributed by atoms with van der Waals surface area (Å²) in [4.78, 5) is 15.1. The summed E-state index contributed by atoms with van der Waals surface area (Å²) in [5, 5.41) is 0. The molecular formula is C23H30N2O2S2. The van der Waals surface area contributed by atoms with E-state index >= 15 is 0 Å². The van der Waals surface area contributed by atoms with E-state index in [0.717, 1.165) is 30.0 Å². The summed E-state index contributed by atoms with van der Waals surface area (Å²) in [7, 11) is 1.59. The van der Waals surface area contributed by atoms with E-state index in [4.69, 9.17) is 10.5 Å². The van der Waals surface area contributed by atoms with Crippen LogP contribution in [0, 0.1) is 0 Å². The monoisotopic (exact) mass is 430 g/mol. The molecular weight excluding hydrogens is 400 g/mol. The number of ether oxygens (including phenoxy) is 1. The summed E-state index contributed by atoms with van der Waals surface area (Å²) >= 11 is 6.52. The summed E-state index contributed by atoms with van der Waals surface area (Å²) in [5.74, 6) is 2.61. The number of fused-ring (bicyclic) bond motifs is 1. The lowest BCUT2D eigenvalue weighted by Gasteiger charge is -2.24. The van der Waals surface area contributed by atoms with Crippen LogP contribution in [0.15, 0.2) is 36.4 Å². The fourth-order valence-corrected chi connectivity index (χ4v) is 5.05. The molecule has 0 fully saturated rings. The number of carbonyl (C=O) groups is 1. The van der Waals surface area contributed by atoms with E-state index in [0.29, 0.717) is 17.0 Å². The summed E-state index contributed by atoms with van der Waals surface area (Å²) in [5.41, 5.74) is 10.5. The number of rotatable bonds is 7. The van der Waals surface area contributed by atoms with Gasteiger partial charge in [0, 0.05) is 27.9 Å². The van der Waals surface area contributed by atoms with E-state index < -0.39 is 0 Å². The summed E-state index contributed by atoms with van der Waals surface area (Å²) in [6.45, 7) is 6.37. The highest BCUT2D eigenvalue weighted by molar-refractivity contribution is 7.98. The van der Waals surface area contributed by atoms with Crippen molar-refractivity contribution in [1.29, 1.82) is 0 Å². The first kappa shape index (κ1) is 21.9. The van der Waals surface area contributed by atoms with E-state index in [1.807, 2.05) is 16.7 Å². The molecule has 29 heavy (non-hydrogen) atoms. The van der Waals surface area contributed by atoms with Crippen LogP contribution in [0.25, 0.3) is 0 Å². The maximum atomic E-state index is 13.3. The molecule has 1 atom stereocenters. The number of nitrogens with two attached hydrogens (primary N) is 1. The smallest absolute Gasteiger partial charge is 0.260 e. The summed E-state index contributed by atoms with van der Waals surface area (Å²) in [6.07, 6.45) is 1.93. The van der Waals surface area contributed by atoms with Crippen LogP contribution in [0.4, 0.5) is 11.4 Å². The van der Waals surface area contributed by atoms with E-state index in [9.17, 15) is 4.79 Å². The molecule has 3 rings (SSSR count). The van der Waals surface area contributed by atoms with Crippen molar-refractivity contribution in [3.05, 3.63) is 53.1 Å². The van der Waals surface area contributed by atoms with Crippen molar-refractivity contribution < 1.29 is 9.53 Å². The number of hydrogen-bond donors (Lipinski definition) is 2. The quantitative estimate of drug-likeness (QED) is 0.360. The minimum absolute atomic E-state index is 0.0726. The maximum absolute atomic E-state index is 13.3. The predicted molar refractivity (Wildman–Crippen MR) is 128 cm³/mol. The van der Waals surface area contributed by atoms with Gasteiger partial charge >= 0.3 is 0 Å². The van der Waals surface area contributed by atoms with E-state index in [1.165, 1.54) is 11.1 Å². The molecule has 0 aliphatic carbocycles. The van der Waals surface area contributed by atoms with Gasteiger partial charge in [0.05, 0.1) is 12.7 Å². The molecule has 0 bridgehead atoms. The normalized spacial score (nSPS) is 16.0. The number of methoxy groups -OCH3 is 1. The topological polar surface area (TPSA) is 55.6 Å². The molecule has 0 spiro atoms. The first-order valence-electron chi connectivity index (χ1n) is 9.88. The third-order valence-electron chi connectivity index (χ3n) is 5.20. The molecule has 2 aromatic rings. The highest BCUT2D eigenvalue weighted by Crippen LogP contribution is 2.36. The third-order valence-corrected chi connectivity index (χ3v) is 6.45. The summed E-state index contributed by atoms with van der Waals surface area (Å²) in [6, 6.07) is 11.8. The fraction of sp³-hybridized carbons (Fsp3) is 0.435. The van der Waals surface area contributed by atoms with Gasteiger partial charge in [-0.15, -0.1) is 0 Å². The number of nitrogen functional groups attached to an aromatic ring is 1. The van der Waals surface area contributed by atoms with Crippen LogP contribution in [0.5, 0.6) is 5.75 Å². The minimum atomic E-state index is -0.0780. The maximum Gasteiger partial charge on any atom is 0.260 e. The number of hydrogen-bond acceptors (Lipinski definition) is 5. The van der Waals surface area contributed by atoms with Gasteiger partial charge in [-0.1, -0.05) is 26.0 Å². The molecule has 0 aromatic heterocycles. The second kappa shape index (κ2) is 8.92. The fourth-order valence-electron chi connectivity index (χ4n) is 3.57. The van der Waals surface area contributed by atoms with Crippen LogP contribution in [0.2, 0.25) is 0 Å². The zero-order valence-electron chi connectivity index (χ0n) is 17.6. The molecule has 0 saturated carbocycles. The van der Waals surface area contributed by atoms with E-state index in [-0.39, 0.29) is 16.7 Å². The standard InChI is InChI=1S/C23H30N2O2S2/c1-15-11-17-12-16(14-29-10-9-23(2,3)28)5-8-21(17)25(15)22(26)19-13-18(27-4)6-7-20(19)24/h5-8,12-13,15,28H,9-11,14,24H2,1-4H3/t15-/m1/s1. The Labute approximate surface area is 183 Å². The van der Waals surface area contributed by atoms with Gasteiger partial charge in [-0.25, -0.2) is 0 Å².